The van der Waals surface area contributed by atoms with E-state index in [1.807, 2.05) is 0 Å². The molecule has 0 aromatic carbocycles. The van der Waals surface area contributed by atoms with Gasteiger partial charge in [0.2, 0.25) is 0 Å². The van der Waals surface area contributed by atoms with Crippen LogP contribution in [0, 0.1) is 11.8 Å². The molecule has 1 aliphatic rings. The summed E-state index contributed by atoms with van der Waals surface area (Å²) in [6.45, 7) is 0.619. The fourth-order valence-corrected chi connectivity index (χ4v) is 2.79. The molecule has 3 atom stereocenters. The van der Waals surface area contributed by atoms with Gasteiger partial charge >= 0.3 is 6.18 Å². The van der Waals surface area contributed by atoms with Crippen LogP contribution in [0.15, 0.2) is 0 Å². The molecule has 3 nitrogen and oxygen atoms in total. The summed E-state index contributed by atoms with van der Waals surface area (Å²) in [5.74, 6) is 4.33. The van der Waals surface area contributed by atoms with Gasteiger partial charge in [0.1, 0.15) is 0 Å². The topological polar surface area (TPSA) is 47.3 Å². The Morgan fingerprint density at radius 2 is 2.11 bits per heavy atom. The first-order valence-corrected chi connectivity index (χ1v) is 6.50. The van der Waals surface area contributed by atoms with Crippen molar-refractivity contribution in [2.45, 2.75) is 50.7 Å². The van der Waals surface area contributed by atoms with Crippen molar-refractivity contribution in [2.24, 2.45) is 17.7 Å². The molecular weight excluding hydrogens is 245 g/mol. The van der Waals surface area contributed by atoms with Crippen LogP contribution >= 0.6 is 0 Å². The molecule has 0 amide bonds. The number of methoxy groups -OCH3 is 1. The van der Waals surface area contributed by atoms with E-state index in [9.17, 15) is 13.2 Å². The molecule has 0 aromatic rings. The van der Waals surface area contributed by atoms with Crippen molar-refractivity contribution in [3.05, 3.63) is 0 Å². The lowest BCUT2D eigenvalue weighted by Crippen LogP contribution is -2.44. The summed E-state index contributed by atoms with van der Waals surface area (Å²) in [5, 5.41) is 0. The molecule has 0 saturated heterocycles. The number of halogens is 3. The van der Waals surface area contributed by atoms with Crippen LogP contribution in [0.5, 0.6) is 0 Å². The molecule has 0 spiro atoms. The third-order valence-corrected chi connectivity index (χ3v) is 3.82. The monoisotopic (exact) mass is 268 g/mol. The zero-order valence-corrected chi connectivity index (χ0v) is 10.8. The van der Waals surface area contributed by atoms with Gasteiger partial charge in [-0.15, -0.1) is 0 Å². The average Bonchev–Trinajstić information content (AvgIpc) is 2.34. The summed E-state index contributed by atoms with van der Waals surface area (Å²) in [7, 11) is 1.62. The molecule has 1 aliphatic carbocycles. The maximum Gasteiger partial charge on any atom is 0.391 e. The van der Waals surface area contributed by atoms with Gasteiger partial charge in [-0.25, -0.2) is 0 Å². The summed E-state index contributed by atoms with van der Waals surface area (Å²) in [4.78, 5) is 0. The molecule has 1 saturated carbocycles. The number of rotatable bonds is 6. The predicted molar refractivity (Wildman–Crippen MR) is 63.7 cm³/mol. The fourth-order valence-electron chi connectivity index (χ4n) is 2.79. The van der Waals surface area contributed by atoms with E-state index < -0.39 is 12.1 Å². The SMILES string of the molecule is COCCCC(NN)C1CCCC(C(F)(F)F)C1. The summed E-state index contributed by atoms with van der Waals surface area (Å²) in [6, 6.07) is -0.0368. The van der Waals surface area contributed by atoms with Crippen molar-refractivity contribution >= 4 is 0 Å². The first-order chi connectivity index (χ1) is 8.49. The van der Waals surface area contributed by atoms with Crippen LogP contribution < -0.4 is 11.3 Å². The zero-order valence-electron chi connectivity index (χ0n) is 10.8. The Hall–Kier alpha value is -0.330. The molecule has 0 aromatic heterocycles. The first-order valence-electron chi connectivity index (χ1n) is 6.50. The quantitative estimate of drug-likeness (QED) is 0.442. The third-order valence-electron chi connectivity index (χ3n) is 3.82. The molecule has 0 heterocycles. The van der Waals surface area contributed by atoms with Crippen molar-refractivity contribution in [2.75, 3.05) is 13.7 Å². The van der Waals surface area contributed by atoms with Gasteiger partial charge in [-0.3, -0.25) is 11.3 Å². The summed E-state index contributed by atoms with van der Waals surface area (Å²) in [5.41, 5.74) is 2.68. The number of hydrogen-bond acceptors (Lipinski definition) is 3. The highest BCUT2D eigenvalue weighted by molar-refractivity contribution is 4.84. The van der Waals surface area contributed by atoms with E-state index >= 15 is 0 Å². The van der Waals surface area contributed by atoms with Gasteiger partial charge in [-0.05, 0) is 38.0 Å². The summed E-state index contributed by atoms with van der Waals surface area (Å²) < 4.78 is 43.1. The highest BCUT2D eigenvalue weighted by atomic mass is 19.4. The van der Waals surface area contributed by atoms with E-state index in [2.05, 4.69) is 5.43 Å². The van der Waals surface area contributed by atoms with E-state index in [0.29, 0.717) is 13.0 Å². The van der Waals surface area contributed by atoms with E-state index in [1.165, 1.54) is 0 Å². The molecule has 0 aliphatic heterocycles. The van der Waals surface area contributed by atoms with Gasteiger partial charge in [-0.2, -0.15) is 13.2 Å². The van der Waals surface area contributed by atoms with Crippen molar-refractivity contribution in [1.29, 1.82) is 0 Å². The van der Waals surface area contributed by atoms with Crippen LogP contribution in [0.1, 0.15) is 38.5 Å². The van der Waals surface area contributed by atoms with Crippen molar-refractivity contribution < 1.29 is 17.9 Å². The van der Waals surface area contributed by atoms with Gasteiger partial charge in [0.05, 0.1) is 5.92 Å². The van der Waals surface area contributed by atoms with Gasteiger partial charge in [-0.1, -0.05) is 6.42 Å². The van der Waals surface area contributed by atoms with Gasteiger partial charge in [0.15, 0.2) is 0 Å². The Kier molecular flexibility index (Phi) is 6.38. The number of ether oxygens (including phenoxy) is 1. The number of nitrogens with one attached hydrogen (secondary N) is 1. The van der Waals surface area contributed by atoms with E-state index in [1.54, 1.807) is 7.11 Å². The lowest BCUT2D eigenvalue weighted by molar-refractivity contribution is -0.186. The maximum absolute atomic E-state index is 12.7. The van der Waals surface area contributed by atoms with E-state index in [-0.39, 0.29) is 24.8 Å². The summed E-state index contributed by atoms with van der Waals surface area (Å²) >= 11 is 0. The molecule has 18 heavy (non-hydrogen) atoms. The molecule has 108 valence electrons. The molecule has 0 bridgehead atoms. The number of hydrogen-bond donors (Lipinski definition) is 2. The second-order valence-electron chi connectivity index (χ2n) is 5.07. The minimum absolute atomic E-state index is 0.0206. The smallest absolute Gasteiger partial charge is 0.385 e. The molecule has 0 radical (unpaired) electrons. The highest BCUT2D eigenvalue weighted by Crippen LogP contribution is 2.41. The largest absolute Gasteiger partial charge is 0.391 e. The average molecular weight is 268 g/mol. The van der Waals surface area contributed by atoms with E-state index in [0.717, 1.165) is 19.3 Å². The Bertz CT molecular complexity index is 236. The standard InChI is InChI=1S/C12H23F3N2O/c1-18-7-3-6-11(17-16)9-4-2-5-10(8-9)12(13,14)15/h9-11,17H,2-8,16H2,1H3. The fraction of sp³-hybridized carbons (Fsp3) is 1.00. The van der Waals surface area contributed by atoms with Crippen LogP contribution in [0.25, 0.3) is 0 Å². The Morgan fingerprint density at radius 1 is 1.39 bits per heavy atom. The highest BCUT2D eigenvalue weighted by Gasteiger charge is 2.43. The molecule has 1 rings (SSSR count). The van der Waals surface area contributed by atoms with Crippen LogP contribution in [-0.2, 0) is 4.74 Å². The van der Waals surface area contributed by atoms with Crippen molar-refractivity contribution in [3.8, 4) is 0 Å². The van der Waals surface area contributed by atoms with Crippen molar-refractivity contribution in [1.82, 2.24) is 5.43 Å². The van der Waals surface area contributed by atoms with E-state index in [4.69, 9.17) is 10.6 Å². The lowest BCUT2D eigenvalue weighted by atomic mass is 9.76. The second-order valence-corrected chi connectivity index (χ2v) is 5.07. The van der Waals surface area contributed by atoms with Crippen LogP contribution in [0.2, 0.25) is 0 Å². The van der Waals surface area contributed by atoms with Crippen LogP contribution in [0.3, 0.4) is 0 Å². The zero-order chi connectivity index (χ0) is 13.6. The first kappa shape index (κ1) is 15.7. The number of alkyl halides is 3. The number of hydrazine groups is 1. The molecular formula is C12H23F3N2O. The Balaban J connectivity index is 2.47. The third kappa shape index (κ3) is 4.74. The van der Waals surface area contributed by atoms with Crippen LogP contribution in [0.4, 0.5) is 13.2 Å². The number of nitrogens with two attached hydrogens (primary N) is 1. The van der Waals surface area contributed by atoms with Gasteiger partial charge in [0.25, 0.3) is 0 Å². The summed E-state index contributed by atoms with van der Waals surface area (Å²) in [6.07, 6.45) is -0.561. The lowest BCUT2D eigenvalue weighted by Gasteiger charge is -2.35. The minimum Gasteiger partial charge on any atom is -0.385 e. The molecule has 1 fully saturated rings. The normalized spacial score (nSPS) is 27.2. The Morgan fingerprint density at radius 3 is 2.67 bits per heavy atom. The maximum atomic E-state index is 12.7. The molecule has 6 heteroatoms. The Labute approximate surface area is 106 Å². The van der Waals surface area contributed by atoms with Gasteiger partial charge in [0, 0.05) is 19.8 Å². The predicted octanol–water partition coefficient (Wildman–Crippen LogP) is 2.61. The minimum atomic E-state index is -4.07. The second kappa shape index (κ2) is 7.31. The molecule has 3 unspecified atom stereocenters. The molecule has 3 N–H and O–H groups in total. The van der Waals surface area contributed by atoms with Crippen LogP contribution in [-0.4, -0.2) is 25.9 Å². The van der Waals surface area contributed by atoms with Crippen molar-refractivity contribution in [3.63, 3.8) is 0 Å². The van der Waals surface area contributed by atoms with Gasteiger partial charge < -0.3 is 4.74 Å².